The molecule has 18 heavy (non-hydrogen) atoms. The van der Waals surface area contributed by atoms with Crippen LogP contribution in [0.3, 0.4) is 0 Å². The van der Waals surface area contributed by atoms with Crippen molar-refractivity contribution in [2.75, 3.05) is 18.5 Å². The number of aryl methyl sites for hydroxylation is 1. The highest BCUT2D eigenvalue weighted by Gasteiger charge is 2.09. The Morgan fingerprint density at radius 1 is 1.44 bits per heavy atom. The normalized spacial score (nSPS) is 11.9. The van der Waals surface area contributed by atoms with E-state index in [1.54, 1.807) is 6.07 Å². The second kappa shape index (κ2) is 7.67. The lowest BCUT2D eigenvalue weighted by Crippen LogP contribution is -2.17. The predicted molar refractivity (Wildman–Crippen MR) is 72.3 cm³/mol. The molecule has 0 spiro atoms. The number of nitriles is 1. The van der Waals surface area contributed by atoms with E-state index in [-0.39, 0.29) is 6.61 Å². The summed E-state index contributed by atoms with van der Waals surface area (Å²) in [5.74, 6) is 1.07. The third-order valence-electron chi connectivity index (χ3n) is 2.95. The number of nitrogens with one attached hydrogen (secondary N) is 1. The third-order valence-corrected chi connectivity index (χ3v) is 2.95. The number of hydrogen-bond donors (Lipinski definition) is 2. The summed E-state index contributed by atoms with van der Waals surface area (Å²) in [5, 5.41) is 21.3. The van der Waals surface area contributed by atoms with Crippen LogP contribution in [0.5, 0.6) is 0 Å². The zero-order valence-electron chi connectivity index (χ0n) is 11.1. The molecule has 0 bridgehead atoms. The van der Waals surface area contributed by atoms with Gasteiger partial charge in [0.15, 0.2) is 0 Å². The number of aliphatic hydroxyl groups excluding tert-OH is 1. The summed E-state index contributed by atoms with van der Waals surface area (Å²) in [6, 6.07) is 5.75. The van der Waals surface area contributed by atoms with E-state index >= 15 is 0 Å². The van der Waals surface area contributed by atoms with E-state index in [2.05, 4.69) is 23.3 Å². The summed E-state index contributed by atoms with van der Waals surface area (Å²) in [4.78, 5) is 4.34. The fourth-order valence-electron chi connectivity index (χ4n) is 1.96. The minimum absolute atomic E-state index is 0.207. The number of rotatable bonds is 7. The third kappa shape index (κ3) is 4.34. The van der Waals surface area contributed by atoms with Crippen molar-refractivity contribution in [3.63, 3.8) is 0 Å². The average Bonchev–Trinajstić information content (AvgIpc) is 2.36. The molecule has 1 heterocycles. The molecular weight excluding hydrogens is 226 g/mol. The van der Waals surface area contributed by atoms with Crippen LogP contribution >= 0.6 is 0 Å². The molecule has 0 amide bonds. The number of aromatic nitrogens is 1. The lowest BCUT2D eigenvalue weighted by atomic mass is 10.0. The minimum Gasteiger partial charge on any atom is -0.396 e. The molecule has 4 heteroatoms. The molecule has 2 N–H and O–H groups in total. The molecule has 1 aromatic heterocycles. The molecule has 0 aromatic carbocycles. The zero-order chi connectivity index (χ0) is 13.4. The minimum atomic E-state index is 0.207. The van der Waals surface area contributed by atoms with Crippen molar-refractivity contribution < 1.29 is 5.11 Å². The van der Waals surface area contributed by atoms with E-state index in [9.17, 15) is 0 Å². The van der Waals surface area contributed by atoms with Crippen molar-refractivity contribution >= 4 is 5.82 Å². The Morgan fingerprint density at radius 3 is 2.83 bits per heavy atom. The summed E-state index contributed by atoms with van der Waals surface area (Å²) in [6.45, 7) is 5.00. The maximum atomic E-state index is 9.01. The number of hydrogen-bond acceptors (Lipinski definition) is 4. The van der Waals surface area contributed by atoms with Gasteiger partial charge in [-0.05, 0) is 37.8 Å². The predicted octanol–water partition coefficient (Wildman–Crippen LogP) is 2.47. The SMILES string of the molecule is CCCC(CCO)CNc1nc(C)ccc1C#N. The largest absolute Gasteiger partial charge is 0.396 e. The summed E-state index contributed by atoms with van der Waals surface area (Å²) in [7, 11) is 0. The maximum Gasteiger partial charge on any atom is 0.144 e. The molecule has 0 aliphatic rings. The van der Waals surface area contributed by atoms with Crippen molar-refractivity contribution in [3.8, 4) is 6.07 Å². The molecule has 0 saturated heterocycles. The van der Waals surface area contributed by atoms with Crippen LogP contribution in [0.1, 0.15) is 37.4 Å². The smallest absolute Gasteiger partial charge is 0.144 e. The first-order chi connectivity index (χ1) is 8.71. The fourth-order valence-corrected chi connectivity index (χ4v) is 1.96. The van der Waals surface area contributed by atoms with Gasteiger partial charge in [-0.15, -0.1) is 0 Å². The van der Waals surface area contributed by atoms with Crippen molar-refractivity contribution in [2.45, 2.75) is 33.1 Å². The van der Waals surface area contributed by atoms with Crippen LogP contribution in [-0.4, -0.2) is 23.2 Å². The van der Waals surface area contributed by atoms with Crippen LogP contribution in [0.15, 0.2) is 12.1 Å². The Labute approximate surface area is 109 Å². The van der Waals surface area contributed by atoms with Gasteiger partial charge in [0.05, 0.1) is 5.56 Å². The van der Waals surface area contributed by atoms with Gasteiger partial charge in [0.1, 0.15) is 11.9 Å². The number of aliphatic hydroxyl groups is 1. The van der Waals surface area contributed by atoms with Gasteiger partial charge in [-0.3, -0.25) is 0 Å². The topological polar surface area (TPSA) is 68.9 Å². The average molecular weight is 247 g/mol. The van der Waals surface area contributed by atoms with Gasteiger partial charge in [-0.2, -0.15) is 5.26 Å². The second-order valence-electron chi connectivity index (χ2n) is 4.51. The van der Waals surface area contributed by atoms with E-state index in [0.29, 0.717) is 17.3 Å². The highest BCUT2D eigenvalue weighted by Crippen LogP contribution is 2.16. The molecule has 1 atom stereocenters. The van der Waals surface area contributed by atoms with Gasteiger partial charge >= 0.3 is 0 Å². The molecule has 98 valence electrons. The Bertz CT molecular complexity index is 406. The number of pyridine rings is 1. The van der Waals surface area contributed by atoms with Gasteiger partial charge < -0.3 is 10.4 Å². The Morgan fingerprint density at radius 2 is 2.22 bits per heavy atom. The molecular formula is C14H21N3O. The van der Waals surface area contributed by atoms with Crippen LogP contribution in [-0.2, 0) is 0 Å². The maximum absolute atomic E-state index is 9.01. The van der Waals surface area contributed by atoms with Crippen LogP contribution in [0, 0.1) is 24.2 Å². The van der Waals surface area contributed by atoms with Crippen molar-refractivity contribution in [1.82, 2.24) is 4.98 Å². The number of anilines is 1. The molecule has 1 unspecified atom stereocenters. The van der Waals surface area contributed by atoms with Crippen molar-refractivity contribution in [3.05, 3.63) is 23.4 Å². The van der Waals surface area contributed by atoms with Gasteiger partial charge in [0.2, 0.25) is 0 Å². The van der Waals surface area contributed by atoms with E-state index < -0.39 is 0 Å². The van der Waals surface area contributed by atoms with Gasteiger partial charge in [0, 0.05) is 18.8 Å². The molecule has 0 aliphatic heterocycles. The van der Waals surface area contributed by atoms with E-state index in [4.69, 9.17) is 10.4 Å². The van der Waals surface area contributed by atoms with E-state index in [0.717, 1.165) is 31.5 Å². The van der Waals surface area contributed by atoms with Crippen LogP contribution < -0.4 is 5.32 Å². The number of nitrogens with zero attached hydrogens (tertiary/aromatic N) is 2. The first-order valence-corrected chi connectivity index (χ1v) is 6.43. The van der Waals surface area contributed by atoms with Gasteiger partial charge in [-0.25, -0.2) is 4.98 Å². The van der Waals surface area contributed by atoms with Gasteiger partial charge in [0.25, 0.3) is 0 Å². The molecule has 0 radical (unpaired) electrons. The summed E-state index contributed by atoms with van der Waals surface area (Å²) < 4.78 is 0. The lowest BCUT2D eigenvalue weighted by molar-refractivity contribution is 0.255. The monoisotopic (exact) mass is 247 g/mol. The summed E-state index contributed by atoms with van der Waals surface area (Å²) >= 11 is 0. The van der Waals surface area contributed by atoms with E-state index in [1.165, 1.54) is 0 Å². The first-order valence-electron chi connectivity index (χ1n) is 6.43. The van der Waals surface area contributed by atoms with Crippen LogP contribution in [0.25, 0.3) is 0 Å². The molecule has 1 rings (SSSR count). The molecule has 0 fully saturated rings. The lowest BCUT2D eigenvalue weighted by Gasteiger charge is -2.16. The van der Waals surface area contributed by atoms with Crippen LogP contribution in [0.4, 0.5) is 5.82 Å². The highest BCUT2D eigenvalue weighted by molar-refractivity contribution is 5.52. The molecule has 0 saturated carbocycles. The van der Waals surface area contributed by atoms with E-state index in [1.807, 2.05) is 13.0 Å². The highest BCUT2D eigenvalue weighted by atomic mass is 16.3. The Balaban J connectivity index is 2.66. The fraction of sp³-hybridized carbons (Fsp3) is 0.571. The Hall–Kier alpha value is -1.60. The van der Waals surface area contributed by atoms with Crippen molar-refractivity contribution in [2.24, 2.45) is 5.92 Å². The summed E-state index contributed by atoms with van der Waals surface area (Å²) in [5.41, 5.74) is 1.46. The zero-order valence-corrected chi connectivity index (χ0v) is 11.1. The standard InChI is InChI=1S/C14H21N3O/c1-3-4-12(7-8-18)10-16-14-13(9-15)6-5-11(2)17-14/h5-6,12,18H,3-4,7-8,10H2,1-2H3,(H,16,17). The van der Waals surface area contributed by atoms with Gasteiger partial charge in [-0.1, -0.05) is 13.3 Å². The quantitative estimate of drug-likeness (QED) is 0.776. The second-order valence-corrected chi connectivity index (χ2v) is 4.51. The Kier molecular flexibility index (Phi) is 6.16. The molecule has 4 nitrogen and oxygen atoms in total. The first kappa shape index (κ1) is 14.5. The van der Waals surface area contributed by atoms with Crippen LogP contribution in [0.2, 0.25) is 0 Å². The molecule has 1 aromatic rings. The summed E-state index contributed by atoms with van der Waals surface area (Å²) in [6.07, 6.45) is 2.95. The van der Waals surface area contributed by atoms with Crippen molar-refractivity contribution in [1.29, 1.82) is 5.26 Å². The molecule has 0 aliphatic carbocycles.